The third kappa shape index (κ3) is 5.16. The highest BCUT2D eigenvalue weighted by Crippen LogP contribution is 2.33. The molecule has 0 aliphatic carbocycles. The molecule has 0 atom stereocenters. The lowest BCUT2D eigenvalue weighted by Crippen LogP contribution is -2.39. The zero-order chi connectivity index (χ0) is 20.7. The molecule has 28 heavy (non-hydrogen) atoms. The molecular weight excluding hydrogens is 362 g/mol. The number of carbonyl (C=O) groups excluding carboxylic acids is 1. The quantitative estimate of drug-likeness (QED) is 0.687. The molecule has 0 fully saturated rings. The average molecular weight is 387 g/mol. The van der Waals surface area contributed by atoms with Crippen molar-refractivity contribution in [2.75, 3.05) is 20.8 Å². The van der Waals surface area contributed by atoms with Crippen molar-refractivity contribution >= 4 is 11.9 Å². The first kappa shape index (κ1) is 21.1. The highest BCUT2D eigenvalue weighted by Gasteiger charge is 2.30. The Morgan fingerprint density at radius 2 is 1.75 bits per heavy atom. The van der Waals surface area contributed by atoms with Crippen LogP contribution in [0.4, 0.5) is 0 Å². The second-order valence-corrected chi connectivity index (χ2v) is 6.71. The van der Waals surface area contributed by atoms with Gasteiger partial charge in [0, 0.05) is 6.54 Å². The second kappa shape index (κ2) is 9.12. The van der Waals surface area contributed by atoms with Gasteiger partial charge in [-0.25, -0.2) is 4.79 Å². The van der Waals surface area contributed by atoms with Crippen LogP contribution in [0.15, 0.2) is 42.5 Å². The van der Waals surface area contributed by atoms with Crippen molar-refractivity contribution in [2.24, 2.45) is 0 Å². The Bertz CT molecular complexity index is 847. The molecule has 0 aliphatic rings. The number of hydrogen-bond donors (Lipinski definition) is 2. The predicted octanol–water partition coefficient (Wildman–Crippen LogP) is 2.76. The number of methoxy groups -OCH3 is 2. The number of amides is 1. The minimum Gasteiger partial charge on any atom is -0.493 e. The summed E-state index contributed by atoms with van der Waals surface area (Å²) in [5.74, 6) is 0.394. The van der Waals surface area contributed by atoms with Gasteiger partial charge in [-0.05, 0) is 49.2 Å². The number of carboxylic acids is 1. The van der Waals surface area contributed by atoms with Crippen LogP contribution in [0, 0.1) is 0 Å². The van der Waals surface area contributed by atoms with Gasteiger partial charge in [0.05, 0.1) is 19.6 Å². The summed E-state index contributed by atoms with van der Waals surface area (Å²) in [5.41, 5.74) is 0.803. The SMILES string of the molecule is COc1ccc(C(C)(C)C(=O)NCc2cccc(OCC(=O)O)c2)cc1OC. The summed E-state index contributed by atoms with van der Waals surface area (Å²) in [6.45, 7) is 3.54. The van der Waals surface area contributed by atoms with Gasteiger partial charge in [-0.3, -0.25) is 4.79 Å². The summed E-state index contributed by atoms with van der Waals surface area (Å²) < 4.78 is 15.7. The molecule has 0 unspecified atom stereocenters. The Morgan fingerprint density at radius 3 is 2.39 bits per heavy atom. The van der Waals surface area contributed by atoms with Gasteiger partial charge in [0.2, 0.25) is 5.91 Å². The topological polar surface area (TPSA) is 94.1 Å². The summed E-state index contributed by atoms with van der Waals surface area (Å²) in [4.78, 5) is 23.4. The Labute approximate surface area is 164 Å². The van der Waals surface area contributed by atoms with Gasteiger partial charge in [-0.2, -0.15) is 0 Å². The monoisotopic (exact) mass is 387 g/mol. The van der Waals surface area contributed by atoms with E-state index in [4.69, 9.17) is 19.3 Å². The summed E-state index contributed by atoms with van der Waals surface area (Å²) in [7, 11) is 3.11. The molecule has 0 saturated carbocycles. The minimum atomic E-state index is -1.05. The van der Waals surface area contributed by atoms with Crippen molar-refractivity contribution in [1.82, 2.24) is 5.32 Å². The fraction of sp³-hybridized carbons (Fsp3) is 0.333. The van der Waals surface area contributed by atoms with Crippen LogP contribution in [0.5, 0.6) is 17.2 Å². The fourth-order valence-corrected chi connectivity index (χ4v) is 2.65. The van der Waals surface area contributed by atoms with Crippen molar-refractivity contribution in [1.29, 1.82) is 0 Å². The number of hydrogen-bond acceptors (Lipinski definition) is 5. The van der Waals surface area contributed by atoms with Gasteiger partial charge in [0.15, 0.2) is 18.1 Å². The van der Waals surface area contributed by atoms with Crippen LogP contribution in [-0.4, -0.2) is 37.8 Å². The standard InChI is InChI=1S/C21H25NO6/c1-21(2,15-8-9-17(26-3)18(11-15)27-4)20(25)22-12-14-6-5-7-16(10-14)28-13-19(23)24/h5-11H,12-13H2,1-4H3,(H,22,25)(H,23,24). The van der Waals surface area contributed by atoms with Crippen LogP contribution in [-0.2, 0) is 21.5 Å². The van der Waals surface area contributed by atoms with Gasteiger partial charge >= 0.3 is 5.97 Å². The Balaban J connectivity index is 2.07. The minimum absolute atomic E-state index is 0.156. The number of carbonyl (C=O) groups is 2. The maximum absolute atomic E-state index is 12.8. The number of benzene rings is 2. The Hall–Kier alpha value is -3.22. The third-order valence-corrected chi connectivity index (χ3v) is 4.39. The number of nitrogens with one attached hydrogen (secondary N) is 1. The molecule has 7 nitrogen and oxygen atoms in total. The first-order valence-electron chi connectivity index (χ1n) is 8.72. The summed E-state index contributed by atoms with van der Waals surface area (Å²) in [5, 5.41) is 11.6. The molecule has 2 aromatic carbocycles. The molecule has 150 valence electrons. The molecule has 7 heteroatoms. The van der Waals surface area contributed by atoms with Crippen LogP contribution in [0.1, 0.15) is 25.0 Å². The second-order valence-electron chi connectivity index (χ2n) is 6.71. The predicted molar refractivity (Wildman–Crippen MR) is 104 cm³/mol. The van der Waals surface area contributed by atoms with Crippen LogP contribution in [0.2, 0.25) is 0 Å². The van der Waals surface area contributed by atoms with Gasteiger partial charge in [0.25, 0.3) is 0 Å². The zero-order valence-corrected chi connectivity index (χ0v) is 16.4. The van der Waals surface area contributed by atoms with Crippen molar-refractivity contribution in [3.8, 4) is 17.2 Å². The largest absolute Gasteiger partial charge is 0.493 e. The number of ether oxygens (including phenoxy) is 3. The lowest BCUT2D eigenvalue weighted by molar-refractivity contribution is -0.139. The molecule has 0 spiro atoms. The van der Waals surface area contributed by atoms with E-state index in [1.807, 2.05) is 26.0 Å². The first-order valence-corrected chi connectivity index (χ1v) is 8.72. The number of carboxylic acid groups (broad SMARTS) is 1. The van der Waals surface area contributed by atoms with E-state index in [2.05, 4.69) is 5.32 Å². The first-order chi connectivity index (χ1) is 13.3. The summed E-state index contributed by atoms with van der Waals surface area (Å²) in [6, 6.07) is 12.3. The fourth-order valence-electron chi connectivity index (χ4n) is 2.65. The van der Waals surface area contributed by atoms with Gasteiger partial charge in [0.1, 0.15) is 5.75 Å². The lowest BCUT2D eigenvalue weighted by Gasteiger charge is -2.25. The molecule has 0 heterocycles. The number of rotatable bonds is 9. The van der Waals surface area contributed by atoms with E-state index < -0.39 is 18.0 Å². The van der Waals surface area contributed by atoms with Crippen molar-refractivity contribution in [3.63, 3.8) is 0 Å². The lowest BCUT2D eigenvalue weighted by atomic mass is 9.83. The molecule has 0 aliphatic heterocycles. The van der Waals surface area contributed by atoms with E-state index in [1.54, 1.807) is 44.6 Å². The normalized spacial score (nSPS) is 10.9. The molecule has 0 bridgehead atoms. The highest BCUT2D eigenvalue weighted by atomic mass is 16.5. The molecule has 2 N–H and O–H groups in total. The van der Waals surface area contributed by atoms with Gasteiger partial charge in [-0.15, -0.1) is 0 Å². The molecule has 0 radical (unpaired) electrons. The smallest absolute Gasteiger partial charge is 0.341 e. The highest BCUT2D eigenvalue weighted by molar-refractivity contribution is 5.87. The van der Waals surface area contributed by atoms with E-state index in [1.165, 1.54) is 0 Å². The molecule has 2 aromatic rings. The molecule has 0 saturated heterocycles. The van der Waals surface area contributed by atoms with E-state index in [-0.39, 0.29) is 5.91 Å². The maximum atomic E-state index is 12.8. The number of aliphatic carboxylic acids is 1. The van der Waals surface area contributed by atoms with Crippen LogP contribution in [0.3, 0.4) is 0 Å². The van der Waals surface area contributed by atoms with E-state index in [0.717, 1.165) is 11.1 Å². The van der Waals surface area contributed by atoms with Gasteiger partial charge in [-0.1, -0.05) is 18.2 Å². The summed E-state index contributed by atoms with van der Waals surface area (Å²) >= 11 is 0. The molecule has 0 aromatic heterocycles. The van der Waals surface area contributed by atoms with Crippen LogP contribution in [0.25, 0.3) is 0 Å². The molecule has 1 amide bonds. The molecular formula is C21H25NO6. The van der Waals surface area contributed by atoms with Crippen molar-refractivity contribution in [3.05, 3.63) is 53.6 Å². The van der Waals surface area contributed by atoms with Crippen molar-refractivity contribution in [2.45, 2.75) is 25.8 Å². The third-order valence-electron chi connectivity index (χ3n) is 4.39. The van der Waals surface area contributed by atoms with E-state index >= 15 is 0 Å². The average Bonchev–Trinajstić information content (AvgIpc) is 2.70. The maximum Gasteiger partial charge on any atom is 0.341 e. The van der Waals surface area contributed by atoms with Crippen molar-refractivity contribution < 1.29 is 28.9 Å². The van der Waals surface area contributed by atoms with Crippen LogP contribution < -0.4 is 19.5 Å². The van der Waals surface area contributed by atoms with E-state index in [9.17, 15) is 9.59 Å². The zero-order valence-electron chi connectivity index (χ0n) is 16.4. The Morgan fingerprint density at radius 1 is 1.04 bits per heavy atom. The Kier molecular flexibility index (Phi) is 6.87. The summed E-state index contributed by atoms with van der Waals surface area (Å²) in [6.07, 6.45) is 0. The molecule has 2 rings (SSSR count). The van der Waals surface area contributed by atoms with Gasteiger partial charge < -0.3 is 24.6 Å². The van der Waals surface area contributed by atoms with E-state index in [0.29, 0.717) is 23.8 Å². The van der Waals surface area contributed by atoms with Crippen LogP contribution >= 0.6 is 0 Å².